The van der Waals surface area contributed by atoms with Gasteiger partial charge < -0.3 is 4.74 Å². The van der Waals surface area contributed by atoms with E-state index in [2.05, 4.69) is 12.1 Å². The first-order valence-electron chi connectivity index (χ1n) is 7.58. The van der Waals surface area contributed by atoms with Crippen LogP contribution in [0.15, 0.2) is 66.7 Å². The van der Waals surface area contributed by atoms with Crippen molar-refractivity contribution in [2.75, 3.05) is 0 Å². The van der Waals surface area contributed by atoms with Crippen LogP contribution in [-0.2, 0) is 4.79 Å². The van der Waals surface area contributed by atoms with Crippen LogP contribution in [0.25, 0.3) is 16.8 Å². The molecule has 114 valence electrons. The van der Waals surface area contributed by atoms with Gasteiger partial charge in [-0.25, -0.2) is 4.79 Å². The zero-order chi connectivity index (χ0) is 16.2. The molecule has 3 aromatic rings. The summed E-state index contributed by atoms with van der Waals surface area (Å²) in [5.74, 6) is 0.230. The maximum Gasteiger partial charge on any atom is 0.336 e. The molecule has 0 aliphatic heterocycles. The molecule has 0 radical (unpaired) electrons. The zero-order valence-corrected chi connectivity index (χ0v) is 13.2. The van der Waals surface area contributed by atoms with Gasteiger partial charge in [0, 0.05) is 6.08 Å². The molecule has 3 aromatic carbocycles. The lowest BCUT2D eigenvalue weighted by atomic mass is 10.0. The molecule has 0 saturated heterocycles. The zero-order valence-electron chi connectivity index (χ0n) is 13.2. The normalized spacial score (nSPS) is 11.0. The lowest BCUT2D eigenvalue weighted by Gasteiger charge is -2.06. The van der Waals surface area contributed by atoms with Crippen LogP contribution >= 0.6 is 0 Å². The van der Waals surface area contributed by atoms with Crippen LogP contribution in [0.4, 0.5) is 0 Å². The summed E-state index contributed by atoms with van der Waals surface area (Å²) in [7, 11) is 0. The fraction of sp³-hybridized carbons (Fsp3) is 0.0952. The number of aryl methyl sites for hydroxylation is 2. The van der Waals surface area contributed by atoms with E-state index in [9.17, 15) is 4.79 Å². The number of hydrogen-bond acceptors (Lipinski definition) is 2. The molecule has 0 fully saturated rings. The molecular formula is C21H18O2. The monoisotopic (exact) mass is 302 g/mol. The van der Waals surface area contributed by atoms with Crippen molar-refractivity contribution in [3.8, 4) is 5.75 Å². The summed E-state index contributed by atoms with van der Waals surface area (Å²) in [5.41, 5.74) is 3.10. The number of esters is 1. The number of carbonyl (C=O) groups is 1. The van der Waals surface area contributed by atoms with Crippen molar-refractivity contribution in [3.63, 3.8) is 0 Å². The van der Waals surface area contributed by atoms with Crippen molar-refractivity contribution in [1.82, 2.24) is 0 Å². The van der Waals surface area contributed by atoms with Gasteiger partial charge in [-0.2, -0.15) is 0 Å². The third kappa shape index (κ3) is 3.49. The Balaban J connectivity index is 1.80. The Hall–Kier alpha value is -2.87. The molecule has 23 heavy (non-hydrogen) atoms. The Labute approximate surface area is 136 Å². The Morgan fingerprint density at radius 2 is 1.74 bits per heavy atom. The number of carbonyl (C=O) groups excluding carboxylic acids is 1. The standard InChI is InChI=1S/C21H18O2/c1-15-10-12-20(16(2)14-15)23-21(22)13-11-18-8-5-7-17-6-3-4-9-19(17)18/h3-14H,1-2H3/b13-11+. The fourth-order valence-electron chi connectivity index (χ4n) is 2.61. The van der Waals surface area contributed by atoms with Gasteiger partial charge >= 0.3 is 5.97 Å². The molecule has 0 heterocycles. The first kappa shape index (κ1) is 15.0. The summed E-state index contributed by atoms with van der Waals surface area (Å²) in [6.07, 6.45) is 3.27. The molecule has 0 saturated carbocycles. The lowest BCUT2D eigenvalue weighted by Crippen LogP contribution is -2.04. The van der Waals surface area contributed by atoms with Gasteiger partial charge in [0.05, 0.1) is 0 Å². The molecule has 0 atom stereocenters. The average molecular weight is 302 g/mol. The van der Waals surface area contributed by atoms with Crippen LogP contribution in [0.2, 0.25) is 0 Å². The van der Waals surface area contributed by atoms with Crippen molar-refractivity contribution < 1.29 is 9.53 Å². The van der Waals surface area contributed by atoms with E-state index in [4.69, 9.17) is 4.74 Å². The topological polar surface area (TPSA) is 26.3 Å². The summed E-state index contributed by atoms with van der Waals surface area (Å²) in [4.78, 5) is 12.0. The van der Waals surface area contributed by atoms with Gasteiger partial charge in [-0.15, -0.1) is 0 Å². The van der Waals surface area contributed by atoms with Crippen molar-refractivity contribution in [2.24, 2.45) is 0 Å². The first-order chi connectivity index (χ1) is 11.1. The molecule has 0 amide bonds. The Morgan fingerprint density at radius 3 is 2.57 bits per heavy atom. The minimum Gasteiger partial charge on any atom is -0.423 e. The Bertz CT molecular complexity index is 886. The van der Waals surface area contributed by atoms with Gasteiger partial charge in [0.25, 0.3) is 0 Å². The number of benzene rings is 3. The second kappa shape index (κ2) is 6.49. The summed E-state index contributed by atoms with van der Waals surface area (Å²) in [6.45, 7) is 3.95. The predicted octanol–water partition coefficient (Wildman–Crippen LogP) is 5.08. The van der Waals surface area contributed by atoms with E-state index < -0.39 is 0 Å². The van der Waals surface area contributed by atoms with Crippen LogP contribution < -0.4 is 4.74 Å². The predicted molar refractivity (Wildman–Crippen MR) is 94.5 cm³/mol. The van der Waals surface area contributed by atoms with Crippen molar-refractivity contribution in [2.45, 2.75) is 13.8 Å². The molecular weight excluding hydrogens is 284 g/mol. The van der Waals surface area contributed by atoms with Gasteiger partial charge in [-0.1, -0.05) is 60.2 Å². The maximum absolute atomic E-state index is 12.0. The second-order valence-electron chi connectivity index (χ2n) is 5.59. The highest BCUT2D eigenvalue weighted by atomic mass is 16.5. The number of fused-ring (bicyclic) bond motifs is 1. The number of ether oxygens (including phenoxy) is 1. The molecule has 0 aromatic heterocycles. The Morgan fingerprint density at radius 1 is 0.957 bits per heavy atom. The number of rotatable bonds is 3. The van der Waals surface area contributed by atoms with Crippen LogP contribution in [0, 0.1) is 13.8 Å². The maximum atomic E-state index is 12.0. The molecule has 0 aliphatic carbocycles. The van der Waals surface area contributed by atoms with E-state index >= 15 is 0 Å². The highest BCUT2D eigenvalue weighted by Crippen LogP contribution is 2.21. The van der Waals surface area contributed by atoms with Gasteiger partial charge in [0.2, 0.25) is 0 Å². The van der Waals surface area contributed by atoms with E-state index in [1.165, 1.54) is 6.08 Å². The van der Waals surface area contributed by atoms with Crippen molar-refractivity contribution in [3.05, 3.63) is 83.4 Å². The fourth-order valence-corrected chi connectivity index (χ4v) is 2.61. The van der Waals surface area contributed by atoms with Gasteiger partial charge in [-0.05, 0) is 47.9 Å². The SMILES string of the molecule is Cc1ccc(OC(=O)/C=C/c2cccc3ccccc23)c(C)c1. The van der Waals surface area contributed by atoms with Crippen molar-refractivity contribution in [1.29, 1.82) is 0 Å². The van der Waals surface area contributed by atoms with Crippen LogP contribution in [0.3, 0.4) is 0 Å². The molecule has 0 unspecified atom stereocenters. The molecule has 2 nitrogen and oxygen atoms in total. The van der Waals surface area contributed by atoms with E-state index in [1.807, 2.05) is 62.4 Å². The average Bonchev–Trinajstić information content (AvgIpc) is 2.55. The Kier molecular flexibility index (Phi) is 4.24. The molecule has 3 rings (SSSR count). The summed E-state index contributed by atoms with van der Waals surface area (Å²) in [5, 5.41) is 2.27. The largest absolute Gasteiger partial charge is 0.423 e. The minimum absolute atomic E-state index is 0.370. The van der Waals surface area contributed by atoms with Crippen LogP contribution in [0.1, 0.15) is 16.7 Å². The van der Waals surface area contributed by atoms with Crippen molar-refractivity contribution >= 4 is 22.8 Å². The summed E-state index contributed by atoms with van der Waals surface area (Å²) >= 11 is 0. The highest BCUT2D eigenvalue weighted by Gasteiger charge is 2.04. The van der Waals surface area contributed by atoms with Crippen LogP contribution in [-0.4, -0.2) is 5.97 Å². The van der Waals surface area contributed by atoms with E-state index in [1.54, 1.807) is 6.08 Å². The van der Waals surface area contributed by atoms with Gasteiger partial charge in [0.1, 0.15) is 5.75 Å². The summed E-state index contributed by atoms with van der Waals surface area (Å²) < 4.78 is 5.41. The smallest absolute Gasteiger partial charge is 0.336 e. The second-order valence-corrected chi connectivity index (χ2v) is 5.59. The third-order valence-corrected chi connectivity index (χ3v) is 3.76. The van der Waals surface area contributed by atoms with E-state index in [0.717, 1.165) is 27.5 Å². The molecule has 0 spiro atoms. The molecule has 2 heteroatoms. The number of hydrogen-bond donors (Lipinski definition) is 0. The van der Waals surface area contributed by atoms with Crippen LogP contribution in [0.5, 0.6) is 5.75 Å². The molecule has 0 N–H and O–H groups in total. The minimum atomic E-state index is -0.370. The quantitative estimate of drug-likeness (QED) is 0.383. The van der Waals surface area contributed by atoms with Gasteiger partial charge in [-0.3, -0.25) is 0 Å². The highest BCUT2D eigenvalue weighted by molar-refractivity contribution is 5.95. The van der Waals surface area contributed by atoms with Gasteiger partial charge in [0.15, 0.2) is 0 Å². The van der Waals surface area contributed by atoms with E-state index in [0.29, 0.717) is 5.75 Å². The third-order valence-electron chi connectivity index (χ3n) is 3.76. The van der Waals surface area contributed by atoms with E-state index in [-0.39, 0.29) is 5.97 Å². The molecule has 0 aliphatic rings. The lowest BCUT2D eigenvalue weighted by molar-refractivity contribution is -0.128. The molecule has 0 bridgehead atoms. The summed E-state index contributed by atoms with van der Waals surface area (Å²) in [6, 6.07) is 19.9. The first-order valence-corrected chi connectivity index (χ1v) is 7.58.